The minimum atomic E-state index is -0.561. The second-order valence-corrected chi connectivity index (χ2v) is 4.57. The van der Waals surface area contributed by atoms with E-state index in [1.807, 2.05) is 0 Å². The van der Waals surface area contributed by atoms with E-state index in [1.54, 1.807) is 12.1 Å². The zero-order valence-corrected chi connectivity index (χ0v) is 11.8. The molecule has 0 aliphatic carbocycles. The number of hydrogen-bond donors (Lipinski definition) is 0. The normalized spacial score (nSPS) is 10.8. The van der Waals surface area contributed by atoms with E-state index in [2.05, 4.69) is 0 Å². The van der Waals surface area contributed by atoms with Crippen molar-refractivity contribution in [3.8, 4) is 11.5 Å². The number of nitro benzene ring substituents is 1. The van der Waals surface area contributed by atoms with Gasteiger partial charge in [-0.3, -0.25) is 14.9 Å². The summed E-state index contributed by atoms with van der Waals surface area (Å²) in [7, 11) is 2.91. The topological polar surface area (TPSA) is 91.8 Å². The summed E-state index contributed by atoms with van der Waals surface area (Å²) in [5.41, 5.74) is -0.00737. The predicted molar refractivity (Wildman–Crippen MR) is 79.7 cm³/mol. The summed E-state index contributed by atoms with van der Waals surface area (Å²) in [5.74, 6) is 0.769. The summed E-state index contributed by atoms with van der Waals surface area (Å²) in [5, 5.41) is 11.2. The Morgan fingerprint density at radius 2 is 1.86 bits per heavy atom. The number of hydrogen-bond acceptors (Lipinski definition) is 6. The van der Waals surface area contributed by atoms with Gasteiger partial charge in [-0.25, -0.2) is 0 Å². The maximum Gasteiger partial charge on any atom is 0.270 e. The van der Waals surface area contributed by atoms with Crippen molar-refractivity contribution in [1.82, 2.24) is 0 Å². The van der Waals surface area contributed by atoms with Gasteiger partial charge in [0.1, 0.15) is 28.1 Å². The van der Waals surface area contributed by atoms with E-state index < -0.39 is 4.92 Å². The highest BCUT2D eigenvalue weighted by atomic mass is 16.6. The first-order valence-electron chi connectivity index (χ1n) is 6.32. The van der Waals surface area contributed by atoms with Crippen LogP contribution in [0.1, 0.15) is 0 Å². The lowest BCUT2D eigenvalue weighted by molar-refractivity contribution is -0.384. The van der Waals surface area contributed by atoms with Gasteiger partial charge in [0.05, 0.1) is 24.5 Å². The van der Waals surface area contributed by atoms with E-state index in [-0.39, 0.29) is 33.2 Å². The van der Waals surface area contributed by atoms with E-state index in [0.717, 1.165) is 0 Å². The molecule has 3 rings (SSSR count). The van der Waals surface area contributed by atoms with E-state index >= 15 is 0 Å². The zero-order chi connectivity index (χ0) is 15.9. The molecule has 0 aliphatic heterocycles. The molecule has 0 saturated carbocycles. The number of benzene rings is 2. The number of methoxy groups -OCH3 is 2. The third kappa shape index (κ3) is 2.03. The summed E-state index contributed by atoms with van der Waals surface area (Å²) >= 11 is 0. The molecular weight excluding hydrogens is 290 g/mol. The monoisotopic (exact) mass is 301 g/mol. The van der Waals surface area contributed by atoms with Gasteiger partial charge in [-0.05, 0) is 6.07 Å². The third-order valence-corrected chi connectivity index (χ3v) is 3.36. The first-order valence-corrected chi connectivity index (χ1v) is 6.32. The summed E-state index contributed by atoms with van der Waals surface area (Å²) in [6.45, 7) is 0. The van der Waals surface area contributed by atoms with Crippen molar-refractivity contribution in [2.24, 2.45) is 0 Å². The van der Waals surface area contributed by atoms with Crippen molar-refractivity contribution < 1.29 is 18.8 Å². The summed E-state index contributed by atoms with van der Waals surface area (Å²) < 4.78 is 16.0. The number of fused-ring (bicyclic) bond motifs is 2. The van der Waals surface area contributed by atoms with Crippen LogP contribution >= 0.6 is 0 Å². The Morgan fingerprint density at radius 1 is 1.09 bits per heavy atom. The molecule has 0 radical (unpaired) electrons. The number of ether oxygens (including phenoxy) is 2. The Hall–Kier alpha value is -3.09. The van der Waals surface area contributed by atoms with Gasteiger partial charge in [-0.15, -0.1) is 0 Å². The van der Waals surface area contributed by atoms with E-state index in [9.17, 15) is 14.9 Å². The van der Waals surface area contributed by atoms with Crippen molar-refractivity contribution in [2.75, 3.05) is 14.2 Å². The lowest BCUT2D eigenvalue weighted by Gasteiger charge is -2.08. The Kier molecular flexibility index (Phi) is 3.17. The molecule has 112 valence electrons. The SMILES string of the molecule is COc1cc(OC)c2c(=O)c3cc([N+](=O)[O-])ccc3oc2c1. The predicted octanol–water partition coefficient (Wildman–Crippen LogP) is 2.87. The molecule has 0 bridgehead atoms. The van der Waals surface area contributed by atoms with Crippen LogP contribution in [0.4, 0.5) is 5.69 Å². The average Bonchev–Trinajstić information content (AvgIpc) is 2.53. The van der Waals surface area contributed by atoms with Gasteiger partial charge >= 0.3 is 0 Å². The van der Waals surface area contributed by atoms with Gasteiger partial charge in [0.15, 0.2) is 0 Å². The third-order valence-electron chi connectivity index (χ3n) is 3.36. The number of nitro groups is 1. The van der Waals surface area contributed by atoms with Crippen LogP contribution < -0.4 is 14.9 Å². The summed E-state index contributed by atoms with van der Waals surface area (Å²) in [6.07, 6.45) is 0. The van der Waals surface area contributed by atoms with Crippen molar-refractivity contribution in [3.05, 3.63) is 50.7 Å². The van der Waals surface area contributed by atoms with Gasteiger partial charge in [-0.2, -0.15) is 0 Å². The highest BCUT2D eigenvalue weighted by Crippen LogP contribution is 2.31. The Balaban J connectivity index is 2.46. The van der Waals surface area contributed by atoms with Crippen LogP contribution in [0.15, 0.2) is 39.5 Å². The van der Waals surface area contributed by atoms with Crippen LogP contribution in [0.2, 0.25) is 0 Å². The van der Waals surface area contributed by atoms with Gasteiger partial charge in [0, 0.05) is 24.3 Å². The maximum atomic E-state index is 12.6. The number of non-ortho nitro benzene ring substituents is 1. The molecule has 0 spiro atoms. The molecule has 0 unspecified atom stereocenters. The minimum Gasteiger partial charge on any atom is -0.496 e. The number of rotatable bonds is 3. The van der Waals surface area contributed by atoms with Gasteiger partial charge in [0.25, 0.3) is 5.69 Å². The lowest BCUT2D eigenvalue weighted by atomic mass is 10.1. The van der Waals surface area contributed by atoms with Crippen LogP contribution in [0.25, 0.3) is 21.9 Å². The fourth-order valence-electron chi connectivity index (χ4n) is 2.30. The molecule has 0 aliphatic rings. The molecule has 0 amide bonds. The van der Waals surface area contributed by atoms with Crippen LogP contribution in [-0.4, -0.2) is 19.1 Å². The van der Waals surface area contributed by atoms with Crippen LogP contribution in [0.5, 0.6) is 11.5 Å². The van der Waals surface area contributed by atoms with Crippen molar-refractivity contribution in [2.45, 2.75) is 0 Å². The fourth-order valence-corrected chi connectivity index (χ4v) is 2.30. The minimum absolute atomic E-state index is 0.130. The molecule has 1 aromatic heterocycles. The molecule has 1 heterocycles. The van der Waals surface area contributed by atoms with E-state index in [4.69, 9.17) is 13.9 Å². The quantitative estimate of drug-likeness (QED) is 0.419. The van der Waals surface area contributed by atoms with Gasteiger partial charge < -0.3 is 13.9 Å². The maximum absolute atomic E-state index is 12.6. The molecule has 22 heavy (non-hydrogen) atoms. The Morgan fingerprint density at radius 3 is 2.50 bits per heavy atom. The highest BCUT2D eigenvalue weighted by molar-refractivity contribution is 5.94. The first-order chi connectivity index (χ1) is 10.5. The average molecular weight is 301 g/mol. The molecule has 0 atom stereocenters. The van der Waals surface area contributed by atoms with Gasteiger partial charge in [0.2, 0.25) is 5.43 Å². The van der Waals surface area contributed by atoms with Crippen LogP contribution in [-0.2, 0) is 0 Å². The molecule has 0 fully saturated rings. The summed E-state index contributed by atoms with van der Waals surface area (Å²) in [6, 6.07) is 7.02. The first kappa shape index (κ1) is 13.9. The highest BCUT2D eigenvalue weighted by Gasteiger charge is 2.16. The van der Waals surface area contributed by atoms with Crippen molar-refractivity contribution >= 4 is 27.6 Å². The zero-order valence-electron chi connectivity index (χ0n) is 11.8. The molecule has 7 heteroatoms. The Labute approximate surface area is 123 Å². The molecule has 7 nitrogen and oxygen atoms in total. The molecular formula is C15H11NO6. The Bertz CT molecular complexity index is 960. The number of nitrogens with zero attached hydrogens (tertiary/aromatic N) is 1. The second-order valence-electron chi connectivity index (χ2n) is 4.57. The molecule has 0 saturated heterocycles. The fraction of sp³-hybridized carbons (Fsp3) is 0.133. The second kappa shape index (κ2) is 5.03. The smallest absolute Gasteiger partial charge is 0.270 e. The molecule has 2 aromatic carbocycles. The van der Waals surface area contributed by atoms with Gasteiger partial charge in [-0.1, -0.05) is 0 Å². The van der Waals surface area contributed by atoms with Crippen molar-refractivity contribution in [1.29, 1.82) is 0 Å². The molecule has 3 aromatic rings. The van der Waals surface area contributed by atoms with Crippen LogP contribution in [0, 0.1) is 10.1 Å². The van der Waals surface area contributed by atoms with Crippen LogP contribution in [0.3, 0.4) is 0 Å². The lowest BCUT2D eigenvalue weighted by Crippen LogP contribution is -2.05. The largest absolute Gasteiger partial charge is 0.496 e. The summed E-state index contributed by atoms with van der Waals surface area (Å²) in [4.78, 5) is 22.9. The van der Waals surface area contributed by atoms with E-state index in [1.165, 1.54) is 32.4 Å². The van der Waals surface area contributed by atoms with Crippen molar-refractivity contribution in [3.63, 3.8) is 0 Å². The van der Waals surface area contributed by atoms with E-state index in [0.29, 0.717) is 11.3 Å². The molecule has 0 N–H and O–H groups in total. The standard InChI is InChI=1S/C15H11NO6/c1-20-9-6-12(21-2)14-13(7-9)22-11-4-3-8(16(18)19)5-10(11)15(14)17/h3-7H,1-2H3.